The summed E-state index contributed by atoms with van der Waals surface area (Å²) in [5.74, 6) is 1.22. The van der Waals surface area contributed by atoms with Gasteiger partial charge in [-0.2, -0.15) is 8.42 Å². The van der Waals surface area contributed by atoms with Gasteiger partial charge in [-0.05, 0) is 17.7 Å². The van der Waals surface area contributed by atoms with E-state index in [4.69, 9.17) is 14.6 Å². The zero-order chi connectivity index (χ0) is 15.8. The van der Waals surface area contributed by atoms with E-state index in [0.29, 0.717) is 18.1 Å². The summed E-state index contributed by atoms with van der Waals surface area (Å²) in [6, 6.07) is 16.9. The summed E-state index contributed by atoms with van der Waals surface area (Å²) in [5, 5.41) is 4.71. The Morgan fingerprint density at radius 2 is 1.55 bits per heavy atom. The van der Waals surface area contributed by atoms with E-state index < -0.39 is 10.3 Å². The predicted molar refractivity (Wildman–Crippen MR) is 81.8 cm³/mol. The average Bonchev–Trinajstić information content (AvgIpc) is 2.50. The lowest BCUT2D eigenvalue weighted by atomic mass is 10.2. The van der Waals surface area contributed by atoms with Gasteiger partial charge >= 0.3 is 10.3 Å². The van der Waals surface area contributed by atoms with Crippen molar-refractivity contribution in [2.45, 2.75) is 6.61 Å². The van der Waals surface area contributed by atoms with Crippen LogP contribution in [0.4, 0.5) is 0 Å². The lowest BCUT2D eigenvalue weighted by Crippen LogP contribution is -2.19. The highest BCUT2D eigenvalue weighted by Gasteiger charge is 2.03. The minimum atomic E-state index is -3.93. The third-order valence-corrected chi connectivity index (χ3v) is 3.15. The van der Waals surface area contributed by atoms with E-state index in [1.54, 1.807) is 18.2 Å². The van der Waals surface area contributed by atoms with Crippen molar-refractivity contribution in [3.8, 4) is 11.5 Å². The Balaban J connectivity index is 1.82. The van der Waals surface area contributed by atoms with E-state index in [0.717, 1.165) is 5.56 Å². The van der Waals surface area contributed by atoms with E-state index in [1.165, 1.54) is 0 Å². The lowest BCUT2D eigenvalue weighted by molar-refractivity contribution is 0.220. The molecule has 2 aromatic carbocycles. The third kappa shape index (κ3) is 6.13. The van der Waals surface area contributed by atoms with Crippen molar-refractivity contribution in [2.24, 2.45) is 5.14 Å². The Labute approximate surface area is 129 Å². The van der Waals surface area contributed by atoms with Gasteiger partial charge < -0.3 is 9.47 Å². The van der Waals surface area contributed by atoms with Gasteiger partial charge in [0.15, 0.2) is 0 Å². The number of ether oxygens (including phenoxy) is 2. The quantitative estimate of drug-likeness (QED) is 0.749. The molecule has 22 heavy (non-hydrogen) atoms. The van der Waals surface area contributed by atoms with Gasteiger partial charge in [-0.3, -0.25) is 4.18 Å². The van der Waals surface area contributed by atoms with E-state index in [9.17, 15) is 8.42 Å². The van der Waals surface area contributed by atoms with Crippen LogP contribution >= 0.6 is 0 Å². The number of hydrogen-bond donors (Lipinski definition) is 1. The highest BCUT2D eigenvalue weighted by atomic mass is 32.2. The topological polar surface area (TPSA) is 87.9 Å². The second-order valence-corrected chi connectivity index (χ2v) is 5.63. The van der Waals surface area contributed by atoms with Crippen LogP contribution in [0.2, 0.25) is 0 Å². The first-order chi connectivity index (χ1) is 10.5. The molecule has 0 radical (unpaired) electrons. The maximum atomic E-state index is 10.6. The fourth-order valence-corrected chi connectivity index (χ4v) is 2.00. The maximum Gasteiger partial charge on any atom is 0.333 e. The zero-order valence-electron chi connectivity index (χ0n) is 11.8. The summed E-state index contributed by atoms with van der Waals surface area (Å²) in [7, 11) is -3.93. The monoisotopic (exact) mass is 323 g/mol. The molecular formula is C15H17NO5S. The summed E-state index contributed by atoms with van der Waals surface area (Å²) in [5.41, 5.74) is 1.07. The zero-order valence-corrected chi connectivity index (χ0v) is 12.7. The molecule has 0 amide bonds. The number of benzene rings is 2. The summed E-state index contributed by atoms with van der Waals surface area (Å²) in [6.07, 6.45) is 0. The second kappa shape index (κ2) is 7.79. The van der Waals surface area contributed by atoms with Gasteiger partial charge in [0.2, 0.25) is 0 Å². The van der Waals surface area contributed by atoms with Crippen molar-refractivity contribution in [2.75, 3.05) is 13.2 Å². The Hall–Kier alpha value is -2.09. The van der Waals surface area contributed by atoms with Crippen LogP contribution in [-0.2, 0) is 21.1 Å². The summed E-state index contributed by atoms with van der Waals surface area (Å²) < 4.78 is 36.6. The molecule has 0 spiro atoms. The number of nitrogens with two attached hydrogens (primary N) is 1. The van der Waals surface area contributed by atoms with Crippen molar-refractivity contribution in [1.29, 1.82) is 0 Å². The van der Waals surface area contributed by atoms with Crippen LogP contribution in [0.1, 0.15) is 5.56 Å². The molecule has 2 N–H and O–H groups in total. The molecule has 0 aromatic heterocycles. The highest BCUT2D eigenvalue weighted by Crippen LogP contribution is 2.20. The number of hydrogen-bond acceptors (Lipinski definition) is 5. The molecule has 2 rings (SSSR count). The minimum absolute atomic E-state index is 0.0680. The molecule has 0 fully saturated rings. The molecule has 6 nitrogen and oxygen atoms in total. The van der Waals surface area contributed by atoms with Crippen LogP contribution in [0.5, 0.6) is 11.5 Å². The van der Waals surface area contributed by atoms with Crippen LogP contribution in [0, 0.1) is 0 Å². The molecule has 0 heterocycles. The van der Waals surface area contributed by atoms with Gasteiger partial charge in [0, 0.05) is 6.07 Å². The number of rotatable bonds is 8. The molecule has 0 aliphatic rings. The standard InChI is InChI=1S/C15H17NO5S/c16-22(17,18)21-10-9-19-14-7-4-8-15(11-14)20-12-13-5-2-1-3-6-13/h1-8,11H,9-10,12H2,(H2,16,17,18). The maximum absolute atomic E-state index is 10.6. The molecule has 0 unspecified atom stereocenters. The molecule has 0 saturated carbocycles. The smallest absolute Gasteiger partial charge is 0.333 e. The summed E-state index contributed by atoms with van der Waals surface area (Å²) in [6.45, 7) is 0.380. The van der Waals surface area contributed by atoms with Crippen LogP contribution in [0.15, 0.2) is 54.6 Å². The van der Waals surface area contributed by atoms with Crippen molar-refractivity contribution in [3.05, 3.63) is 60.2 Å². The van der Waals surface area contributed by atoms with E-state index in [2.05, 4.69) is 4.18 Å². The SMILES string of the molecule is NS(=O)(=O)OCCOc1cccc(OCc2ccccc2)c1. The molecule has 7 heteroatoms. The molecule has 0 aliphatic heterocycles. The second-order valence-electron chi connectivity index (χ2n) is 4.41. The molecule has 0 aliphatic carbocycles. The molecule has 118 valence electrons. The fraction of sp³-hybridized carbons (Fsp3) is 0.200. The normalized spacial score (nSPS) is 11.1. The average molecular weight is 323 g/mol. The molecule has 0 saturated heterocycles. The largest absolute Gasteiger partial charge is 0.491 e. The van der Waals surface area contributed by atoms with Gasteiger partial charge in [0.1, 0.15) is 31.3 Å². The van der Waals surface area contributed by atoms with Crippen molar-refractivity contribution >= 4 is 10.3 Å². The minimum Gasteiger partial charge on any atom is -0.491 e. The van der Waals surface area contributed by atoms with E-state index in [-0.39, 0.29) is 13.2 Å². The van der Waals surface area contributed by atoms with Gasteiger partial charge in [-0.1, -0.05) is 36.4 Å². The van der Waals surface area contributed by atoms with Crippen LogP contribution < -0.4 is 14.6 Å². The first-order valence-electron chi connectivity index (χ1n) is 6.60. The van der Waals surface area contributed by atoms with E-state index in [1.807, 2.05) is 36.4 Å². The van der Waals surface area contributed by atoms with Crippen LogP contribution in [-0.4, -0.2) is 21.6 Å². The van der Waals surface area contributed by atoms with Crippen molar-refractivity contribution in [3.63, 3.8) is 0 Å². The van der Waals surface area contributed by atoms with Crippen LogP contribution in [0.25, 0.3) is 0 Å². The van der Waals surface area contributed by atoms with Gasteiger partial charge in [-0.15, -0.1) is 0 Å². The van der Waals surface area contributed by atoms with Crippen molar-refractivity contribution in [1.82, 2.24) is 0 Å². The third-order valence-electron chi connectivity index (χ3n) is 2.65. The molecule has 0 bridgehead atoms. The van der Waals surface area contributed by atoms with E-state index >= 15 is 0 Å². The summed E-state index contributed by atoms with van der Waals surface area (Å²) in [4.78, 5) is 0. The lowest BCUT2D eigenvalue weighted by Gasteiger charge is -2.09. The Morgan fingerprint density at radius 3 is 2.23 bits per heavy atom. The van der Waals surface area contributed by atoms with Crippen molar-refractivity contribution < 1.29 is 22.1 Å². The Kier molecular flexibility index (Phi) is 5.76. The Morgan fingerprint density at radius 1 is 0.864 bits per heavy atom. The fourth-order valence-electron chi connectivity index (χ4n) is 1.70. The molecular weight excluding hydrogens is 306 g/mol. The predicted octanol–water partition coefficient (Wildman–Crippen LogP) is 1.86. The van der Waals surface area contributed by atoms with Gasteiger partial charge in [0.25, 0.3) is 0 Å². The molecule has 0 atom stereocenters. The molecule has 2 aromatic rings. The summed E-state index contributed by atoms with van der Waals surface area (Å²) >= 11 is 0. The van der Waals surface area contributed by atoms with Gasteiger partial charge in [0.05, 0.1) is 0 Å². The first kappa shape index (κ1) is 16.3. The van der Waals surface area contributed by atoms with Crippen LogP contribution in [0.3, 0.4) is 0 Å². The highest BCUT2D eigenvalue weighted by molar-refractivity contribution is 7.84. The Bertz CT molecular complexity index is 688. The van der Waals surface area contributed by atoms with Gasteiger partial charge in [-0.25, -0.2) is 5.14 Å². The first-order valence-corrected chi connectivity index (χ1v) is 8.07.